The molecule has 0 N–H and O–H groups in total. The summed E-state index contributed by atoms with van der Waals surface area (Å²) in [6.07, 6.45) is 8.48. The summed E-state index contributed by atoms with van der Waals surface area (Å²) in [6.45, 7) is 4.52. The number of methoxy groups -OCH3 is 1. The second-order valence-corrected chi connectivity index (χ2v) is 8.67. The third-order valence-electron chi connectivity index (χ3n) is 6.95. The summed E-state index contributed by atoms with van der Waals surface area (Å²) in [5.41, 5.74) is 5.95. The predicted molar refractivity (Wildman–Crippen MR) is 118 cm³/mol. The first-order chi connectivity index (χ1) is 14.2. The first kappa shape index (κ1) is 20.2. The Labute approximate surface area is 175 Å². The molecule has 29 heavy (non-hydrogen) atoms. The van der Waals surface area contributed by atoms with Gasteiger partial charge in [0.25, 0.3) is 0 Å². The largest absolute Gasteiger partial charge is 0.465 e. The molecule has 1 saturated carbocycles. The minimum atomic E-state index is -0.201. The predicted octanol–water partition coefficient (Wildman–Crippen LogP) is 5.82. The van der Waals surface area contributed by atoms with Gasteiger partial charge in [0.2, 0.25) is 0 Å². The summed E-state index contributed by atoms with van der Waals surface area (Å²) in [4.78, 5) is 15.3. The molecule has 0 aromatic heterocycles. The van der Waals surface area contributed by atoms with E-state index in [1.807, 2.05) is 6.07 Å². The maximum Gasteiger partial charge on any atom is 0.338 e. The maximum atomic E-state index is 12.7. The van der Waals surface area contributed by atoms with Crippen molar-refractivity contribution < 1.29 is 9.53 Å². The molecule has 2 fully saturated rings. The summed E-state index contributed by atoms with van der Waals surface area (Å²) in [5.74, 6) is 0.342. The van der Waals surface area contributed by atoms with E-state index in [2.05, 4.69) is 48.2 Å². The van der Waals surface area contributed by atoms with Gasteiger partial charge in [-0.15, -0.1) is 0 Å². The standard InChI is InChI=1S/C26H33NO2/c1-19-9-8-17-27(19)18-16-23-24(26(28)29-2)15-14-22(20-10-4-3-5-11-20)25(23)21-12-6-7-13-21/h3-5,10-11,14-15,19,21H,6-9,12-13,16-18H2,1-2H3. The fraction of sp³-hybridized carbons (Fsp3) is 0.500. The van der Waals surface area contributed by atoms with E-state index in [0.717, 1.165) is 18.5 Å². The average molecular weight is 392 g/mol. The molecular weight excluding hydrogens is 358 g/mol. The number of carbonyl (C=O) groups is 1. The van der Waals surface area contributed by atoms with Gasteiger partial charge in [-0.2, -0.15) is 0 Å². The number of rotatable bonds is 6. The highest BCUT2D eigenvalue weighted by atomic mass is 16.5. The van der Waals surface area contributed by atoms with Crippen molar-refractivity contribution in [3.8, 4) is 11.1 Å². The molecule has 3 nitrogen and oxygen atoms in total. The normalized spacial score (nSPS) is 20.3. The van der Waals surface area contributed by atoms with Gasteiger partial charge >= 0.3 is 5.97 Å². The topological polar surface area (TPSA) is 29.5 Å². The average Bonchev–Trinajstić information content (AvgIpc) is 3.43. The Morgan fingerprint density at radius 2 is 1.79 bits per heavy atom. The molecular formula is C26H33NO2. The van der Waals surface area contributed by atoms with Crippen LogP contribution in [0.4, 0.5) is 0 Å². The van der Waals surface area contributed by atoms with Crippen LogP contribution >= 0.6 is 0 Å². The van der Waals surface area contributed by atoms with Crippen LogP contribution in [0.15, 0.2) is 42.5 Å². The van der Waals surface area contributed by atoms with Gasteiger partial charge in [0.1, 0.15) is 0 Å². The first-order valence-electron chi connectivity index (χ1n) is 11.2. The molecule has 1 heterocycles. The lowest BCUT2D eigenvalue weighted by molar-refractivity contribution is 0.0599. The molecule has 154 valence electrons. The van der Waals surface area contributed by atoms with Gasteiger partial charge in [0.05, 0.1) is 12.7 Å². The van der Waals surface area contributed by atoms with E-state index in [1.54, 1.807) is 0 Å². The fourth-order valence-corrected chi connectivity index (χ4v) is 5.37. The van der Waals surface area contributed by atoms with E-state index >= 15 is 0 Å². The van der Waals surface area contributed by atoms with Crippen LogP contribution in [0, 0.1) is 0 Å². The van der Waals surface area contributed by atoms with Gasteiger partial charge in [-0.3, -0.25) is 0 Å². The number of benzene rings is 2. The van der Waals surface area contributed by atoms with E-state index in [1.165, 1.54) is 74.4 Å². The lowest BCUT2D eigenvalue weighted by Gasteiger charge is -2.26. The van der Waals surface area contributed by atoms with Crippen molar-refractivity contribution in [2.45, 2.75) is 63.8 Å². The number of hydrogen-bond donors (Lipinski definition) is 0. The smallest absolute Gasteiger partial charge is 0.338 e. The van der Waals surface area contributed by atoms with Crippen molar-refractivity contribution >= 4 is 5.97 Å². The third kappa shape index (κ3) is 4.25. The minimum Gasteiger partial charge on any atom is -0.465 e. The summed E-state index contributed by atoms with van der Waals surface area (Å²) >= 11 is 0. The summed E-state index contributed by atoms with van der Waals surface area (Å²) in [7, 11) is 1.50. The zero-order valence-corrected chi connectivity index (χ0v) is 17.8. The first-order valence-corrected chi connectivity index (χ1v) is 11.2. The second kappa shape index (κ2) is 9.13. The Bertz CT molecular complexity index is 839. The Balaban J connectivity index is 1.80. The SMILES string of the molecule is COC(=O)c1ccc(-c2ccccc2)c(C2CCCC2)c1CCN1CCCC1C. The molecule has 0 radical (unpaired) electrons. The van der Waals surface area contributed by atoms with Gasteiger partial charge in [0, 0.05) is 12.6 Å². The quantitative estimate of drug-likeness (QED) is 0.581. The van der Waals surface area contributed by atoms with Crippen LogP contribution in [-0.2, 0) is 11.2 Å². The van der Waals surface area contributed by atoms with Crippen LogP contribution in [0.1, 0.15) is 72.9 Å². The molecule has 1 aliphatic heterocycles. The molecule has 1 aliphatic carbocycles. The van der Waals surface area contributed by atoms with E-state index in [9.17, 15) is 4.79 Å². The maximum absolute atomic E-state index is 12.7. The van der Waals surface area contributed by atoms with E-state index in [0.29, 0.717) is 12.0 Å². The highest BCUT2D eigenvalue weighted by molar-refractivity contribution is 5.93. The lowest BCUT2D eigenvalue weighted by Crippen LogP contribution is -2.29. The molecule has 1 unspecified atom stereocenters. The van der Waals surface area contributed by atoms with Crippen molar-refractivity contribution in [2.75, 3.05) is 20.2 Å². The molecule has 0 bridgehead atoms. The third-order valence-corrected chi connectivity index (χ3v) is 6.95. The molecule has 2 aromatic carbocycles. The molecule has 1 atom stereocenters. The van der Waals surface area contributed by atoms with Crippen molar-refractivity contribution in [3.63, 3.8) is 0 Å². The highest BCUT2D eigenvalue weighted by Crippen LogP contribution is 2.42. The van der Waals surface area contributed by atoms with Gasteiger partial charge in [0.15, 0.2) is 0 Å². The van der Waals surface area contributed by atoms with Gasteiger partial charge in [-0.1, -0.05) is 49.2 Å². The van der Waals surface area contributed by atoms with Gasteiger partial charge < -0.3 is 9.64 Å². The Morgan fingerprint density at radius 1 is 1.03 bits per heavy atom. The van der Waals surface area contributed by atoms with E-state index in [4.69, 9.17) is 4.74 Å². The van der Waals surface area contributed by atoms with E-state index < -0.39 is 0 Å². The highest BCUT2D eigenvalue weighted by Gasteiger charge is 2.28. The monoisotopic (exact) mass is 391 g/mol. The Morgan fingerprint density at radius 3 is 2.45 bits per heavy atom. The van der Waals surface area contributed by atoms with Crippen LogP contribution in [0.3, 0.4) is 0 Å². The van der Waals surface area contributed by atoms with Crippen molar-refractivity contribution in [3.05, 3.63) is 59.2 Å². The Hall–Kier alpha value is -2.13. The molecule has 0 spiro atoms. The van der Waals surface area contributed by atoms with Crippen LogP contribution in [0.5, 0.6) is 0 Å². The second-order valence-electron chi connectivity index (χ2n) is 8.67. The number of esters is 1. The molecule has 2 aliphatic rings. The molecule has 2 aromatic rings. The fourth-order valence-electron chi connectivity index (χ4n) is 5.37. The summed E-state index contributed by atoms with van der Waals surface area (Å²) in [5, 5.41) is 0. The zero-order valence-electron chi connectivity index (χ0n) is 17.8. The van der Waals surface area contributed by atoms with Gasteiger partial charge in [-0.05, 0) is 79.8 Å². The van der Waals surface area contributed by atoms with Crippen LogP contribution in [0.25, 0.3) is 11.1 Å². The number of hydrogen-bond acceptors (Lipinski definition) is 3. The number of ether oxygens (including phenoxy) is 1. The Kier molecular flexibility index (Phi) is 6.34. The number of nitrogens with zero attached hydrogens (tertiary/aromatic N) is 1. The van der Waals surface area contributed by atoms with Gasteiger partial charge in [-0.25, -0.2) is 4.79 Å². The summed E-state index contributed by atoms with van der Waals surface area (Å²) in [6, 6.07) is 15.4. The zero-order chi connectivity index (χ0) is 20.2. The minimum absolute atomic E-state index is 0.201. The molecule has 4 rings (SSSR count). The van der Waals surface area contributed by atoms with E-state index in [-0.39, 0.29) is 5.97 Å². The van der Waals surface area contributed by atoms with Crippen molar-refractivity contribution in [1.29, 1.82) is 0 Å². The molecule has 1 saturated heterocycles. The van der Waals surface area contributed by atoms with Crippen molar-refractivity contribution in [2.24, 2.45) is 0 Å². The lowest BCUT2D eigenvalue weighted by atomic mass is 9.82. The number of carbonyl (C=O) groups excluding carboxylic acids is 1. The van der Waals surface area contributed by atoms with Crippen LogP contribution < -0.4 is 0 Å². The molecule has 3 heteroatoms. The molecule has 0 amide bonds. The van der Waals surface area contributed by atoms with Crippen LogP contribution in [-0.4, -0.2) is 37.1 Å². The number of likely N-dealkylation sites (tertiary alicyclic amines) is 1. The van der Waals surface area contributed by atoms with Crippen molar-refractivity contribution in [1.82, 2.24) is 4.90 Å². The van der Waals surface area contributed by atoms with Crippen LogP contribution in [0.2, 0.25) is 0 Å². The summed E-state index contributed by atoms with van der Waals surface area (Å²) < 4.78 is 5.18.